The zero-order valence-corrected chi connectivity index (χ0v) is 14.7. The Morgan fingerprint density at radius 2 is 2.04 bits per heavy atom. The van der Waals surface area contributed by atoms with Crippen LogP contribution in [-0.4, -0.2) is 54.8 Å². The Bertz CT molecular complexity index is 781. The predicted molar refractivity (Wildman–Crippen MR) is 85.6 cm³/mol. The largest absolute Gasteiger partial charge is 0.405 e. The molecule has 0 bridgehead atoms. The van der Waals surface area contributed by atoms with Crippen LogP contribution in [0.25, 0.3) is 0 Å². The van der Waals surface area contributed by atoms with Gasteiger partial charge in [-0.15, -0.1) is 11.8 Å². The number of alkyl halides is 3. The van der Waals surface area contributed by atoms with Crippen LogP contribution in [0.3, 0.4) is 0 Å². The van der Waals surface area contributed by atoms with E-state index in [2.05, 4.69) is 0 Å². The molecular weight excluding hydrogens is 381 g/mol. The molecular formula is C14H15F3N2O4S2. The molecule has 0 unspecified atom stereocenters. The van der Waals surface area contributed by atoms with Gasteiger partial charge in [-0.25, -0.2) is 8.42 Å². The maximum atomic E-state index is 12.7. The molecule has 1 aromatic rings. The Kier molecular flexibility index (Phi) is 5.79. The van der Waals surface area contributed by atoms with Crippen LogP contribution in [-0.2, 0) is 14.8 Å². The van der Waals surface area contributed by atoms with Crippen LogP contribution >= 0.6 is 11.8 Å². The topological polar surface area (TPSA) is 83.6 Å². The van der Waals surface area contributed by atoms with Gasteiger partial charge in [0.05, 0.1) is 10.8 Å². The fraction of sp³-hybridized carbons (Fsp3) is 0.429. The summed E-state index contributed by atoms with van der Waals surface area (Å²) >= 11 is 1.12. The highest BCUT2D eigenvalue weighted by Crippen LogP contribution is 2.29. The zero-order chi connectivity index (χ0) is 18.8. The SMILES string of the molecule is CC(=O)c1cccc(S(=O)(=O)N2CSC[C@@H]2C(=O)NCC(F)(F)F)c1. The van der Waals surface area contributed by atoms with Crippen molar-refractivity contribution in [2.45, 2.75) is 24.0 Å². The van der Waals surface area contributed by atoms with Gasteiger partial charge in [0, 0.05) is 11.3 Å². The second kappa shape index (κ2) is 7.34. The standard InChI is InChI=1S/C14H15F3N2O4S2/c1-9(20)10-3-2-4-11(5-10)25(22,23)19-8-24-6-12(19)13(21)18-7-14(15,16)17/h2-5,12H,6-8H2,1H3,(H,18,21)/t12-/m1/s1. The highest BCUT2D eigenvalue weighted by Gasteiger charge is 2.41. The summed E-state index contributed by atoms with van der Waals surface area (Å²) in [6.45, 7) is -0.245. The van der Waals surface area contributed by atoms with E-state index in [9.17, 15) is 31.2 Å². The molecule has 2 rings (SSSR count). The fourth-order valence-corrected chi connectivity index (χ4v) is 5.38. The van der Waals surface area contributed by atoms with Crippen molar-refractivity contribution in [1.29, 1.82) is 0 Å². The average molecular weight is 396 g/mol. The lowest BCUT2D eigenvalue weighted by Crippen LogP contribution is -2.49. The Morgan fingerprint density at radius 3 is 2.64 bits per heavy atom. The molecule has 1 atom stereocenters. The van der Waals surface area contributed by atoms with Crippen LogP contribution < -0.4 is 5.32 Å². The summed E-state index contributed by atoms with van der Waals surface area (Å²) in [7, 11) is -4.12. The number of rotatable bonds is 5. The number of nitrogens with one attached hydrogen (secondary N) is 1. The van der Waals surface area contributed by atoms with E-state index in [4.69, 9.17) is 0 Å². The third kappa shape index (κ3) is 4.73. The van der Waals surface area contributed by atoms with Crippen molar-refractivity contribution in [2.75, 3.05) is 18.2 Å². The van der Waals surface area contributed by atoms with Crippen molar-refractivity contribution in [3.8, 4) is 0 Å². The Hall–Kier alpha value is -1.59. The summed E-state index contributed by atoms with van der Waals surface area (Å²) < 4.78 is 63.0. The number of carbonyl (C=O) groups excluding carboxylic acids is 2. The number of ketones is 1. The molecule has 0 aliphatic carbocycles. The molecule has 25 heavy (non-hydrogen) atoms. The summed E-state index contributed by atoms with van der Waals surface area (Å²) in [5, 5.41) is 1.71. The number of sulfonamides is 1. The summed E-state index contributed by atoms with van der Waals surface area (Å²) in [6, 6.07) is 4.07. The van der Waals surface area contributed by atoms with Gasteiger partial charge in [-0.1, -0.05) is 12.1 Å². The van der Waals surface area contributed by atoms with Crippen LogP contribution in [0.5, 0.6) is 0 Å². The van der Waals surface area contributed by atoms with E-state index in [0.29, 0.717) is 0 Å². The number of hydrogen-bond acceptors (Lipinski definition) is 5. The first-order valence-electron chi connectivity index (χ1n) is 7.07. The number of thioether (sulfide) groups is 1. The van der Waals surface area contributed by atoms with Gasteiger partial charge in [0.1, 0.15) is 12.6 Å². The normalized spacial score (nSPS) is 19.0. The number of nitrogens with zero attached hydrogens (tertiary/aromatic N) is 1. The van der Waals surface area contributed by atoms with Crippen molar-refractivity contribution in [3.05, 3.63) is 29.8 Å². The molecule has 1 amide bonds. The van der Waals surface area contributed by atoms with Gasteiger partial charge in [0.2, 0.25) is 15.9 Å². The van der Waals surface area contributed by atoms with Crippen LogP contribution in [0.2, 0.25) is 0 Å². The third-order valence-electron chi connectivity index (χ3n) is 3.45. The van der Waals surface area contributed by atoms with Crippen LogP contribution in [0.1, 0.15) is 17.3 Å². The average Bonchev–Trinajstić information content (AvgIpc) is 3.02. The summed E-state index contributed by atoms with van der Waals surface area (Å²) in [6.07, 6.45) is -4.58. The monoisotopic (exact) mass is 396 g/mol. The molecule has 6 nitrogen and oxygen atoms in total. The smallest absolute Gasteiger partial charge is 0.346 e. The lowest BCUT2D eigenvalue weighted by molar-refractivity contribution is -0.140. The molecule has 138 valence electrons. The van der Waals surface area contributed by atoms with Gasteiger partial charge >= 0.3 is 6.18 Å². The first-order valence-corrected chi connectivity index (χ1v) is 9.67. The summed E-state index contributed by atoms with van der Waals surface area (Å²) in [5.41, 5.74) is 0.186. The quantitative estimate of drug-likeness (QED) is 0.765. The van der Waals surface area contributed by atoms with Crippen molar-refractivity contribution in [3.63, 3.8) is 0 Å². The molecule has 0 aromatic heterocycles. The minimum absolute atomic E-state index is 0.0509. The molecule has 0 radical (unpaired) electrons. The predicted octanol–water partition coefficient (Wildman–Crippen LogP) is 1.63. The summed E-state index contributed by atoms with van der Waals surface area (Å²) in [4.78, 5) is 23.2. The van der Waals surface area contributed by atoms with Crippen LogP contribution in [0, 0.1) is 0 Å². The second-order valence-corrected chi connectivity index (χ2v) is 8.22. The maximum Gasteiger partial charge on any atom is 0.405 e. The molecule has 1 aliphatic rings. The maximum absolute atomic E-state index is 12.7. The van der Waals surface area contributed by atoms with Gasteiger partial charge in [0.15, 0.2) is 5.78 Å². The highest BCUT2D eigenvalue weighted by molar-refractivity contribution is 8.00. The van der Waals surface area contributed by atoms with Gasteiger partial charge in [-0.3, -0.25) is 9.59 Å². The van der Waals surface area contributed by atoms with E-state index in [1.165, 1.54) is 31.2 Å². The molecule has 0 saturated carbocycles. The highest BCUT2D eigenvalue weighted by atomic mass is 32.2. The zero-order valence-electron chi connectivity index (χ0n) is 13.0. The van der Waals surface area contributed by atoms with E-state index >= 15 is 0 Å². The molecule has 11 heteroatoms. The lowest BCUT2D eigenvalue weighted by atomic mass is 10.2. The Balaban J connectivity index is 2.24. The molecule has 1 saturated heterocycles. The van der Waals surface area contributed by atoms with Gasteiger partial charge in [-0.2, -0.15) is 17.5 Å². The van der Waals surface area contributed by atoms with Crippen molar-refractivity contribution in [2.24, 2.45) is 0 Å². The van der Waals surface area contributed by atoms with Crippen molar-refractivity contribution < 1.29 is 31.2 Å². The molecule has 1 aromatic carbocycles. The van der Waals surface area contributed by atoms with E-state index in [-0.39, 0.29) is 27.9 Å². The van der Waals surface area contributed by atoms with Crippen LogP contribution in [0.4, 0.5) is 13.2 Å². The van der Waals surface area contributed by atoms with Crippen molar-refractivity contribution >= 4 is 33.5 Å². The molecule has 1 fully saturated rings. The Labute approximate surface area is 146 Å². The minimum atomic E-state index is -4.58. The number of halogens is 3. The molecule has 1 N–H and O–H groups in total. The first kappa shape index (κ1) is 19.7. The summed E-state index contributed by atoms with van der Waals surface area (Å²) in [5.74, 6) is -1.34. The third-order valence-corrected chi connectivity index (χ3v) is 6.48. The fourth-order valence-electron chi connectivity index (χ4n) is 2.19. The van der Waals surface area contributed by atoms with E-state index in [1.54, 1.807) is 5.32 Å². The number of amides is 1. The van der Waals surface area contributed by atoms with Gasteiger partial charge in [-0.05, 0) is 19.1 Å². The van der Waals surface area contributed by atoms with E-state index < -0.39 is 34.7 Å². The van der Waals surface area contributed by atoms with Crippen LogP contribution in [0.15, 0.2) is 29.2 Å². The number of benzene rings is 1. The number of carbonyl (C=O) groups is 2. The van der Waals surface area contributed by atoms with E-state index in [1.807, 2.05) is 0 Å². The van der Waals surface area contributed by atoms with Gasteiger partial charge in [0.25, 0.3) is 0 Å². The minimum Gasteiger partial charge on any atom is -0.346 e. The molecule has 0 spiro atoms. The Morgan fingerprint density at radius 1 is 1.36 bits per heavy atom. The first-order chi connectivity index (χ1) is 11.5. The van der Waals surface area contributed by atoms with E-state index in [0.717, 1.165) is 16.1 Å². The van der Waals surface area contributed by atoms with Crippen molar-refractivity contribution in [1.82, 2.24) is 9.62 Å². The van der Waals surface area contributed by atoms with Gasteiger partial charge < -0.3 is 5.32 Å². The molecule has 1 aliphatic heterocycles. The second-order valence-electron chi connectivity index (χ2n) is 5.32. The number of Topliss-reactive ketones (excluding diaryl/α,β-unsaturated/α-hetero) is 1. The number of hydrogen-bond donors (Lipinski definition) is 1. The molecule has 1 heterocycles. The lowest BCUT2D eigenvalue weighted by Gasteiger charge is -2.23.